The number of carbonyl (C=O) groups excluding carboxylic acids is 1. The molecule has 0 bridgehead atoms. The van der Waals surface area contributed by atoms with Gasteiger partial charge in [-0.25, -0.2) is 4.79 Å². The zero-order chi connectivity index (χ0) is 27.9. The number of hydrogen-bond donors (Lipinski definition) is 1. The number of nitrogens with one attached hydrogen (secondary N) is 1. The van der Waals surface area contributed by atoms with E-state index in [9.17, 15) is 4.79 Å². The Morgan fingerprint density at radius 2 is 1.49 bits per heavy atom. The van der Waals surface area contributed by atoms with Crippen LogP contribution in [0.4, 0.5) is 11.4 Å². The van der Waals surface area contributed by atoms with E-state index >= 15 is 0 Å². The SMILES string of the molecule is CCOc1ccc(-c2ccccc2NC2(c3ccc(N(C)C)cc3)OC(=O)c3c(Cl)c(Cl)c(Cl)c(Cl)c32)cc1. The maximum absolute atomic E-state index is 13.4. The molecule has 9 heteroatoms. The zero-order valence-electron chi connectivity index (χ0n) is 21.3. The van der Waals surface area contributed by atoms with Crippen molar-refractivity contribution in [2.75, 3.05) is 30.9 Å². The van der Waals surface area contributed by atoms with E-state index in [-0.39, 0.29) is 25.7 Å². The number of nitrogens with zero attached hydrogens (tertiary/aromatic N) is 1. The Balaban J connectivity index is 1.72. The fraction of sp³-hybridized carbons (Fsp3) is 0.167. The third-order valence-corrected chi connectivity index (χ3v) is 8.38. The summed E-state index contributed by atoms with van der Waals surface area (Å²) in [7, 11) is 3.89. The third-order valence-electron chi connectivity index (χ3n) is 6.57. The minimum absolute atomic E-state index is 0.00687. The summed E-state index contributed by atoms with van der Waals surface area (Å²) in [5, 5.41) is 3.59. The van der Waals surface area contributed by atoms with Crippen LogP contribution in [0.5, 0.6) is 5.75 Å². The summed E-state index contributed by atoms with van der Waals surface area (Å²) in [6.45, 7) is 2.52. The molecule has 1 atom stereocenters. The van der Waals surface area contributed by atoms with Crippen LogP contribution >= 0.6 is 46.4 Å². The van der Waals surface area contributed by atoms with Crippen molar-refractivity contribution in [3.05, 3.63) is 110 Å². The maximum atomic E-state index is 13.4. The van der Waals surface area contributed by atoms with Crippen LogP contribution in [-0.2, 0) is 10.5 Å². The van der Waals surface area contributed by atoms with Crippen LogP contribution in [0.1, 0.15) is 28.4 Å². The van der Waals surface area contributed by atoms with E-state index in [1.54, 1.807) is 0 Å². The van der Waals surface area contributed by atoms with Gasteiger partial charge in [-0.3, -0.25) is 0 Å². The first-order valence-electron chi connectivity index (χ1n) is 12.2. The molecule has 0 saturated heterocycles. The highest BCUT2D eigenvalue weighted by atomic mass is 35.5. The molecule has 0 spiro atoms. The predicted molar refractivity (Wildman–Crippen MR) is 160 cm³/mol. The van der Waals surface area contributed by atoms with Gasteiger partial charge in [-0.2, -0.15) is 0 Å². The van der Waals surface area contributed by atoms with Crippen molar-refractivity contribution in [2.24, 2.45) is 0 Å². The molecule has 0 saturated carbocycles. The molecule has 1 aliphatic rings. The molecule has 1 N–H and O–H groups in total. The lowest BCUT2D eigenvalue weighted by atomic mass is 9.91. The highest BCUT2D eigenvalue weighted by Gasteiger charge is 2.51. The first kappa shape index (κ1) is 27.5. The quantitative estimate of drug-likeness (QED) is 0.130. The Kier molecular flexibility index (Phi) is 7.62. The number of anilines is 2. The Morgan fingerprint density at radius 1 is 0.846 bits per heavy atom. The number of halogens is 4. The predicted octanol–water partition coefficient (Wildman–Crippen LogP) is 8.92. The molecule has 5 nitrogen and oxygen atoms in total. The topological polar surface area (TPSA) is 50.8 Å². The van der Waals surface area contributed by atoms with Gasteiger partial charge in [-0.1, -0.05) is 88.9 Å². The van der Waals surface area contributed by atoms with E-state index in [4.69, 9.17) is 55.9 Å². The van der Waals surface area contributed by atoms with Gasteiger partial charge in [-0.15, -0.1) is 0 Å². The number of cyclic esters (lactones) is 1. The van der Waals surface area contributed by atoms with Gasteiger partial charge in [0.2, 0.25) is 5.72 Å². The standard InChI is InChI=1S/C30H24Cl4N2O3/c1-4-38-20-15-9-17(10-16-20)21-7-5-6-8-22(21)35-30(18-11-13-19(14-12-18)36(2)3)24-23(29(37)39-30)25(31)27(33)28(34)26(24)32/h5-16,35H,4H2,1-3H3. The van der Waals surface area contributed by atoms with E-state index in [1.807, 2.05) is 98.7 Å². The number of fused-ring (bicyclic) bond motifs is 1. The molecule has 1 unspecified atom stereocenters. The number of ether oxygens (including phenoxy) is 2. The molecule has 0 radical (unpaired) electrons. The lowest BCUT2D eigenvalue weighted by molar-refractivity contribution is 0.0213. The maximum Gasteiger partial charge on any atom is 0.342 e. The van der Waals surface area contributed by atoms with Crippen LogP contribution < -0.4 is 15.0 Å². The molecular weight excluding hydrogens is 578 g/mol. The van der Waals surface area contributed by atoms with Gasteiger partial charge in [0.1, 0.15) is 5.75 Å². The van der Waals surface area contributed by atoms with Crippen molar-refractivity contribution >= 4 is 63.7 Å². The second kappa shape index (κ2) is 10.8. The molecule has 1 heterocycles. The smallest absolute Gasteiger partial charge is 0.342 e. The number of benzene rings is 4. The van der Waals surface area contributed by atoms with Crippen LogP contribution in [-0.4, -0.2) is 26.7 Å². The van der Waals surface area contributed by atoms with E-state index in [0.29, 0.717) is 23.4 Å². The number of hydrogen-bond acceptors (Lipinski definition) is 5. The molecule has 0 amide bonds. The average molecular weight is 602 g/mol. The second-order valence-corrected chi connectivity index (χ2v) is 10.7. The Hall–Kier alpha value is -3.09. The fourth-order valence-electron chi connectivity index (χ4n) is 4.68. The molecule has 1 aliphatic heterocycles. The first-order chi connectivity index (χ1) is 18.7. The van der Waals surface area contributed by atoms with Gasteiger partial charge in [-0.05, 0) is 42.8 Å². The molecule has 0 aliphatic carbocycles. The minimum atomic E-state index is -1.55. The van der Waals surface area contributed by atoms with Crippen LogP contribution in [0.25, 0.3) is 11.1 Å². The Labute approximate surface area is 247 Å². The van der Waals surface area contributed by atoms with Crippen molar-refractivity contribution in [1.29, 1.82) is 0 Å². The van der Waals surface area contributed by atoms with Crippen molar-refractivity contribution < 1.29 is 14.3 Å². The summed E-state index contributed by atoms with van der Waals surface area (Å²) in [4.78, 5) is 15.4. The van der Waals surface area contributed by atoms with Crippen LogP contribution in [0.15, 0.2) is 72.8 Å². The van der Waals surface area contributed by atoms with Gasteiger partial charge in [0.25, 0.3) is 0 Å². The van der Waals surface area contributed by atoms with E-state index in [2.05, 4.69) is 5.32 Å². The number of carbonyl (C=O) groups is 1. The summed E-state index contributed by atoms with van der Waals surface area (Å²) >= 11 is 26.2. The Bertz CT molecular complexity index is 1560. The summed E-state index contributed by atoms with van der Waals surface area (Å²) < 4.78 is 11.8. The number of esters is 1. The van der Waals surface area contributed by atoms with Crippen LogP contribution in [0, 0.1) is 0 Å². The third kappa shape index (κ3) is 4.78. The summed E-state index contributed by atoms with van der Waals surface area (Å²) in [6.07, 6.45) is 0. The molecule has 200 valence electrons. The van der Waals surface area contributed by atoms with Crippen molar-refractivity contribution in [3.63, 3.8) is 0 Å². The van der Waals surface area contributed by atoms with Crippen LogP contribution in [0.3, 0.4) is 0 Å². The molecule has 4 aromatic rings. The highest BCUT2D eigenvalue weighted by Crippen LogP contribution is 2.53. The van der Waals surface area contributed by atoms with E-state index in [0.717, 1.165) is 22.6 Å². The molecule has 0 fully saturated rings. The van der Waals surface area contributed by atoms with E-state index < -0.39 is 11.7 Å². The number of rotatable bonds is 7. The fourth-order valence-corrected chi connectivity index (χ4v) is 5.75. The largest absolute Gasteiger partial charge is 0.494 e. The first-order valence-corrected chi connectivity index (χ1v) is 13.7. The lowest BCUT2D eigenvalue weighted by Crippen LogP contribution is -2.37. The average Bonchev–Trinajstić information content (AvgIpc) is 3.24. The zero-order valence-corrected chi connectivity index (χ0v) is 24.3. The highest BCUT2D eigenvalue weighted by molar-refractivity contribution is 6.53. The summed E-state index contributed by atoms with van der Waals surface area (Å²) in [6, 6.07) is 23.1. The van der Waals surface area contributed by atoms with Crippen LogP contribution in [0.2, 0.25) is 20.1 Å². The normalized spacial score (nSPS) is 16.0. The van der Waals surface area contributed by atoms with Crippen molar-refractivity contribution in [1.82, 2.24) is 0 Å². The molecule has 5 rings (SSSR count). The van der Waals surface area contributed by atoms with E-state index in [1.165, 1.54) is 0 Å². The van der Waals surface area contributed by atoms with Gasteiger partial charge >= 0.3 is 5.97 Å². The van der Waals surface area contributed by atoms with Gasteiger partial charge < -0.3 is 19.7 Å². The summed E-state index contributed by atoms with van der Waals surface area (Å²) in [5.74, 6) is 0.105. The van der Waals surface area contributed by atoms with Gasteiger partial charge in [0, 0.05) is 36.6 Å². The van der Waals surface area contributed by atoms with Gasteiger partial charge in [0.05, 0.1) is 37.8 Å². The number of para-hydroxylation sites is 1. The molecule has 0 aromatic heterocycles. The van der Waals surface area contributed by atoms with Crippen molar-refractivity contribution in [3.8, 4) is 16.9 Å². The monoisotopic (exact) mass is 600 g/mol. The summed E-state index contributed by atoms with van der Waals surface area (Å²) in [5.41, 5.74) is 2.90. The minimum Gasteiger partial charge on any atom is -0.494 e. The molecular formula is C30H24Cl4N2O3. The van der Waals surface area contributed by atoms with Gasteiger partial charge in [0.15, 0.2) is 0 Å². The lowest BCUT2D eigenvalue weighted by Gasteiger charge is -2.33. The van der Waals surface area contributed by atoms with Crippen molar-refractivity contribution in [2.45, 2.75) is 12.6 Å². The Morgan fingerprint density at radius 3 is 2.13 bits per heavy atom. The molecule has 4 aromatic carbocycles. The second-order valence-electron chi connectivity index (χ2n) is 9.15. The molecule has 39 heavy (non-hydrogen) atoms.